The topological polar surface area (TPSA) is 98.6 Å². The molecule has 0 saturated carbocycles. The number of aromatic nitrogens is 2. The van der Waals surface area contributed by atoms with Crippen molar-refractivity contribution in [1.82, 2.24) is 9.97 Å². The normalized spacial score (nSPS) is 19.1. The molecule has 1 aliphatic heterocycles. The van der Waals surface area contributed by atoms with E-state index in [0.717, 1.165) is 17.2 Å². The van der Waals surface area contributed by atoms with Crippen LogP contribution in [0.2, 0.25) is 0 Å². The van der Waals surface area contributed by atoms with Crippen molar-refractivity contribution in [2.75, 3.05) is 5.75 Å². The first-order valence-corrected chi connectivity index (χ1v) is 8.75. The molecule has 1 saturated heterocycles. The maximum atomic E-state index is 11.4. The van der Waals surface area contributed by atoms with Gasteiger partial charge in [-0.25, -0.2) is 14.8 Å². The summed E-state index contributed by atoms with van der Waals surface area (Å²) < 4.78 is 12.1. The van der Waals surface area contributed by atoms with E-state index in [1.165, 1.54) is 19.3 Å². The Balaban J connectivity index is 2.29. The van der Waals surface area contributed by atoms with Gasteiger partial charge in [0.15, 0.2) is 5.12 Å². The lowest BCUT2D eigenvalue weighted by atomic mass is 9.78. The second-order valence-corrected chi connectivity index (χ2v) is 7.89. The molecule has 25 heavy (non-hydrogen) atoms. The first-order valence-electron chi connectivity index (χ1n) is 7.76. The highest BCUT2D eigenvalue weighted by atomic mass is 32.2. The predicted molar refractivity (Wildman–Crippen MR) is 96.2 cm³/mol. The maximum Gasteiger partial charge on any atom is 0.491 e. The molecule has 9 heteroatoms. The Morgan fingerprint density at radius 1 is 1.20 bits per heavy atom. The number of thioether (sulfide) groups is 1. The molecule has 0 spiro atoms. The van der Waals surface area contributed by atoms with E-state index in [2.05, 4.69) is 9.97 Å². The summed E-state index contributed by atoms with van der Waals surface area (Å²) in [5, 5.41) is 8.86. The molecule has 7 nitrogen and oxygen atoms in total. The summed E-state index contributed by atoms with van der Waals surface area (Å²) >= 11 is 1.15. The number of nitrogens with zero attached hydrogens (tertiary/aromatic N) is 2. The molecule has 1 aliphatic rings. The molecule has 1 N–H and O–H groups in total. The van der Waals surface area contributed by atoms with E-state index >= 15 is 0 Å². The molecule has 0 aromatic carbocycles. The van der Waals surface area contributed by atoms with Crippen LogP contribution in [0.4, 0.5) is 0 Å². The van der Waals surface area contributed by atoms with Gasteiger partial charge in [0.2, 0.25) is 5.82 Å². The molecule has 2 heterocycles. The van der Waals surface area contributed by atoms with Crippen LogP contribution in [0.25, 0.3) is 6.08 Å². The minimum atomic E-state index is -1.19. The molecule has 0 atom stereocenters. The highest BCUT2D eigenvalue weighted by Crippen LogP contribution is 2.39. The van der Waals surface area contributed by atoms with Gasteiger partial charge in [0, 0.05) is 30.6 Å². The molecule has 134 valence electrons. The Kier molecular flexibility index (Phi) is 5.70. The SMILES string of the molecule is CC(=O)SCC(=Cc1cnc(C(=O)O)nc1)B1OC(C)(C)C(C)(C)O1. The van der Waals surface area contributed by atoms with Crippen LogP contribution < -0.4 is 0 Å². The van der Waals surface area contributed by atoms with Gasteiger partial charge < -0.3 is 14.4 Å². The number of rotatable bonds is 5. The Hall–Kier alpha value is -1.71. The molecule has 1 fully saturated rings. The van der Waals surface area contributed by atoms with Crippen molar-refractivity contribution in [3.63, 3.8) is 0 Å². The molecule has 0 radical (unpaired) electrons. The number of hydrogen-bond donors (Lipinski definition) is 1. The van der Waals surface area contributed by atoms with E-state index in [1.54, 1.807) is 6.08 Å². The molecular formula is C16H21BN2O5S. The zero-order valence-corrected chi connectivity index (χ0v) is 15.7. The monoisotopic (exact) mass is 364 g/mol. The molecule has 0 bridgehead atoms. The lowest BCUT2D eigenvalue weighted by Gasteiger charge is -2.32. The number of carboxylic acids is 1. The first kappa shape index (κ1) is 19.6. The lowest BCUT2D eigenvalue weighted by Crippen LogP contribution is -2.41. The average Bonchev–Trinajstić information content (AvgIpc) is 2.72. The van der Waals surface area contributed by atoms with E-state index in [4.69, 9.17) is 14.4 Å². The number of carbonyl (C=O) groups is 2. The second-order valence-electron chi connectivity index (χ2n) is 6.73. The average molecular weight is 364 g/mol. The molecule has 0 unspecified atom stereocenters. The summed E-state index contributed by atoms with van der Waals surface area (Å²) in [5.41, 5.74) is 0.368. The third-order valence-electron chi connectivity index (χ3n) is 4.21. The van der Waals surface area contributed by atoms with Crippen LogP contribution in [0.3, 0.4) is 0 Å². The van der Waals surface area contributed by atoms with Gasteiger partial charge in [-0.05, 0) is 33.2 Å². The molecule has 1 aromatic heterocycles. The van der Waals surface area contributed by atoms with Crippen LogP contribution in [-0.4, -0.2) is 50.2 Å². The number of carbonyl (C=O) groups excluding carboxylic acids is 1. The highest BCUT2D eigenvalue weighted by molar-refractivity contribution is 8.13. The fraction of sp³-hybridized carbons (Fsp3) is 0.500. The van der Waals surface area contributed by atoms with Crippen molar-refractivity contribution in [3.8, 4) is 0 Å². The summed E-state index contributed by atoms with van der Waals surface area (Å²) in [7, 11) is -0.601. The Bertz CT molecular complexity index is 687. The molecule has 0 aliphatic carbocycles. The standard InChI is InChI=1S/C16H21BN2O5S/c1-10(20)25-9-12(17-23-15(2,3)16(4,5)24-17)6-11-7-18-13(14(21)22)19-8-11/h6-8H,9H2,1-5H3,(H,21,22). The van der Waals surface area contributed by atoms with Crippen molar-refractivity contribution in [3.05, 3.63) is 29.3 Å². The number of carboxylic acid groups (broad SMARTS) is 1. The Morgan fingerprint density at radius 3 is 2.16 bits per heavy atom. The summed E-state index contributed by atoms with van der Waals surface area (Å²) in [4.78, 5) is 29.8. The zero-order chi connectivity index (χ0) is 18.8. The van der Waals surface area contributed by atoms with Crippen LogP contribution in [0.1, 0.15) is 50.8 Å². The van der Waals surface area contributed by atoms with Crippen LogP contribution >= 0.6 is 11.8 Å². The number of aromatic carboxylic acids is 1. The van der Waals surface area contributed by atoms with Gasteiger partial charge >= 0.3 is 13.1 Å². The summed E-state index contributed by atoms with van der Waals surface area (Å²) in [5.74, 6) is -1.06. The smallest absolute Gasteiger partial charge is 0.475 e. The molecular weight excluding hydrogens is 343 g/mol. The number of hydrogen-bond acceptors (Lipinski definition) is 7. The van der Waals surface area contributed by atoms with Crippen LogP contribution in [0.5, 0.6) is 0 Å². The van der Waals surface area contributed by atoms with Crippen LogP contribution in [0, 0.1) is 0 Å². The van der Waals surface area contributed by atoms with Gasteiger partial charge in [0.05, 0.1) is 11.2 Å². The van der Waals surface area contributed by atoms with Gasteiger partial charge in [-0.15, -0.1) is 0 Å². The summed E-state index contributed by atoms with van der Waals surface area (Å²) in [6.45, 7) is 9.30. The molecule has 0 amide bonds. The third kappa shape index (κ3) is 4.68. The van der Waals surface area contributed by atoms with Gasteiger partial charge in [0.25, 0.3) is 0 Å². The van der Waals surface area contributed by atoms with Crippen molar-refractivity contribution in [2.45, 2.75) is 45.8 Å². The van der Waals surface area contributed by atoms with E-state index in [9.17, 15) is 9.59 Å². The molecule has 2 rings (SSSR count). The van der Waals surface area contributed by atoms with Crippen molar-refractivity contribution in [2.24, 2.45) is 0 Å². The minimum absolute atomic E-state index is 0.0140. The Morgan fingerprint density at radius 2 is 1.72 bits per heavy atom. The third-order valence-corrected chi connectivity index (χ3v) is 5.10. The summed E-state index contributed by atoms with van der Waals surface area (Å²) in [6, 6.07) is 0. The van der Waals surface area contributed by atoms with E-state index in [0.29, 0.717) is 11.3 Å². The van der Waals surface area contributed by atoms with Gasteiger partial charge in [0.1, 0.15) is 0 Å². The van der Waals surface area contributed by atoms with E-state index in [1.807, 2.05) is 27.7 Å². The summed E-state index contributed by atoms with van der Waals surface area (Å²) in [6.07, 6.45) is 4.60. The Labute approximate surface area is 151 Å². The van der Waals surface area contributed by atoms with E-state index in [-0.39, 0.29) is 10.9 Å². The largest absolute Gasteiger partial charge is 0.491 e. The predicted octanol–water partition coefficient (Wildman–Crippen LogP) is 2.47. The van der Waals surface area contributed by atoms with Crippen LogP contribution in [-0.2, 0) is 14.1 Å². The molecule has 1 aromatic rings. The minimum Gasteiger partial charge on any atom is -0.475 e. The van der Waals surface area contributed by atoms with Crippen molar-refractivity contribution < 1.29 is 24.0 Å². The fourth-order valence-electron chi connectivity index (χ4n) is 2.09. The van der Waals surface area contributed by atoms with Gasteiger partial charge in [-0.3, -0.25) is 4.79 Å². The highest BCUT2D eigenvalue weighted by Gasteiger charge is 2.52. The lowest BCUT2D eigenvalue weighted by molar-refractivity contribution is -0.109. The van der Waals surface area contributed by atoms with E-state index < -0.39 is 24.3 Å². The zero-order valence-electron chi connectivity index (χ0n) is 14.9. The van der Waals surface area contributed by atoms with Crippen LogP contribution in [0.15, 0.2) is 17.9 Å². The second kappa shape index (κ2) is 7.27. The van der Waals surface area contributed by atoms with Gasteiger partial charge in [-0.2, -0.15) is 0 Å². The van der Waals surface area contributed by atoms with Crippen molar-refractivity contribution in [1.29, 1.82) is 0 Å². The first-order chi connectivity index (χ1) is 11.5. The van der Waals surface area contributed by atoms with Gasteiger partial charge in [-0.1, -0.05) is 17.8 Å². The maximum absolute atomic E-state index is 11.4. The van der Waals surface area contributed by atoms with Crippen molar-refractivity contribution >= 4 is 36.0 Å². The fourth-order valence-corrected chi connectivity index (χ4v) is 2.68. The quantitative estimate of drug-likeness (QED) is 0.796.